The van der Waals surface area contributed by atoms with Crippen LogP contribution in [-0.2, 0) is 4.74 Å². The number of nitrogens with zero attached hydrogens (tertiary/aromatic N) is 3. The summed E-state index contributed by atoms with van der Waals surface area (Å²) in [5, 5.41) is 3.98. The van der Waals surface area contributed by atoms with Gasteiger partial charge < -0.3 is 4.74 Å². The number of ether oxygens (including phenoxy) is 1. The van der Waals surface area contributed by atoms with Gasteiger partial charge in [0.25, 0.3) is 0 Å². The van der Waals surface area contributed by atoms with E-state index >= 15 is 0 Å². The number of epoxide rings is 1. The SMILES string of the molecule is Fc1ccc([C@@H]([C@H]2CO2)n2cncn2)c(F)c1. The molecule has 0 spiro atoms. The molecule has 1 aliphatic rings. The molecule has 0 saturated carbocycles. The molecule has 1 aromatic carbocycles. The van der Waals surface area contributed by atoms with Crippen molar-refractivity contribution in [3.8, 4) is 0 Å². The van der Waals surface area contributed by atoms with E-state index in [4.69, 9.17) is 4.74 Å². The summed E-state index contributed by atoms with van der Waals surface area (Å²) >= 11 is 0. The molecule has 0 amide bonds. The van der Waals surface area contributed by atoms with Gasteiger partial charge in [-0.2, -0.15) is 5.10 Å². The average Bonchev–Trinajstić information content (AvgIpc) is 2.97. The second-order valence-electron chi connectivity index (χ2n) is 3.86. The third kappa shape index (κ3) is 1.91. The van der Waals surface area contributed by atoms with Crippen LogP contribution in [0.15, 0.2) is 30.9 Å². The van der Waals surface area contributed by atoms with Crippen molar-refractivity contribution in [3.05, 3.63) is 48.1 Å². The van der Waals surface area contributed by atoms with E-state index < -0.39 is 17.7 Å². The van der Waals surface area contributed by atoms with Crippen molar-refractivity contribution in [2.45, 2.75) is 12.1 Å². The first-order valence-corrected chi connectivity index (χ1v) is 5.16. The summed E-state index contributed by atoms with van der Waals surface area (Å²) in [4.78, 5) is 3.83. The Morgan fingerprint density at radius 3 is 2.82 bits per heavy atom. The van der Waals surface area contributed by atoms with E-state index in [0.29, 0.717) is 12.2 Å². The lowest BCUT2D eigenvalue weighted by Crippen LogP contribution is -2.18. The lowest BCUT2D eigenvalue weighted by atomic mass is 10.0. The first-order valence-electron chi connectivity index (χ1n) is 5.16. The fraction of sp³-hybridized carbons (Fsp3) is 0.273. The summed E-state index contributed by atoms with van der Waals surface area (Å²) in [7, 11) is 0. The Morgan fingerprint density at radius 1 is 1.41 bits per heavy atom. The molecule has 0 radical (unpaired) electrons. The van der Waals surface area contributed by atoms with Gasteiger partial charge in [0.2, 0.25) is 0 Å². The predicted molar refractivity (Wildman–Crippen MR) is 54.3 cm³/mol. The zero-order valence-electron chi connectivity index (χ0n) is 8.75. The molecule has 0 bridgehead atoms. The average molecular weight is 237 g/mol. The summed E-state index contributed by atoms with van der Waals surface area (Å²) in [5.74, 6) is -1.19. The molecule has 1 fully saturated rings. The maximum Gasteiger partial charge on any atom is 0.137 e. The first-order chi connectivity index (χ1) is 8.25. The molecular weight excluding hydrogens is 228 g/mol. The van der Waals surface area contributed by atoms with Crippen LogP contribution >= 0.6 is 0 Å². The van der Waals surface area contributed by atoms with E-state index in [1.807, 2.05) is 0 Å². The van der Waals surface area contributed by atoms with Crippen LogP contribution in [-0.4, -0.2) is 27.5 Å². The van der Waals surface area contributed by atoms with E-state index in [-0.39, 0.29) is 6.10 Å². The lowest BCUT2D eigenvalue weighted by molar-refractivity contribution is 0.333. The molecule has 2 atom stereocenters. The van der Waals surface area contributed by atoms with Crippen LogP contribution in [0.5, 0.6) is 0 Å². The van der Waals surface area contributed by atoms with Crippen LogP contribution in [0.1, 0.15) is 11.6 Å². The Hall–Kier alpha value is -1.82. The Kier molecular flexibility index (Phi) is 2.36. The molecule has 1 aromatic heterocycles. The van der Waals surface area contributed by atoms with Gasteiger partial charge in [0, 0.05) is 11.6 Å². The zero-order valence-corrected chi connectivity index (χ0v) is 8.75. The molecule has 1 saturated heterocycles. The highest BCUT2D eigenvalue weighted by atomic mass is 19.1. The molecular formula is C11H9F2N3O. The Morgan fingerprint density at radius 2 is 2.24 bits per heavy atom. The van der Waals surface area contributed by atoms with Crippen molar-refractivity contribution >= 4 is 0 Å². The van der Waals surface area contributed by atoms with Crippen molar-refractivity contribution in [2.75, 3.05) is 6.61 Å². The van der Waals surface area contributed by atoms with Gasteiger partial charge in [0.15, 0.2) is 0 Å². The maximum absolute atomic E-state index is 13.7. The van der Waals surface area contributed by atoms with Gasteiger partial charge in [-0.3, -0.25) is 0 Å². The summed E-state index contributed by atoms with van der Waals surface area (Å²) in [5.41, 5.74) is 0.361. The number of hydrogen-bond acceptors (Lipinski definition) is 3. The van der Waals surface area contributed by atoms with Crippen molar-refractivity contribution in [3.63, 3.8) is 0 Å². The highest BCUT2D eigenvalue weighted by Crippen LogP contribution is 2.32. The topological polar surface area (TPSA) is 43.2 Å². The summed E-state index contributed by atoms with van der Waals surface area (Å²) in [6.45, 7) is 0.543. The monoisotopic (exact) mass is 237 g/mol. The van der Waals surface area contributed by atoms with Crippen molar-refractivity contribution in [1.29, 1.82) is 0 Å². The van der Waals surface area contributed by atoms with E-state index in [0.717, 1.165) is 6.07 Å². The third-order valence-electron chi connectivity index (χ3n) is 2.71. The fourth-order valence-corrected chi connectivity index (χ4v) is 1.85. The molecule has 2 aromatic rings. The van der Waals surface area contributed by atoms with Gasteiger partial charge in [-0.1, -0.05) is 6.07 Å². The van der Waals surface area contributed by atoms with Crippen LogP contribution in [0.25, 0.3) is 0 Å². The summed E-state index contributed by atoms with van der Waals surface area (Å²) in [6.07, 6.45) is 2.74. The normalized spacial score (nSPS) is 20.2. The fourth-order valence-electron chi connectivity index (χ4n) is 1.85. The number of hydrogen-bond donors (Lipinski definition) is 0. The van der Waals surface area contributed by atoms with Crippen molar-refractivity contribution in [1.82, 2.24) is 14.8 Å². The second kappa shape index (κ2) is 3.89. The zero-order chi connectivity index (χ0) is 11.8. The van der Waals surface area contributed by atoms with Crippen LogP contribution in [0.2, 0.25) is 0 Å². The minimum absolute atomic E-state index is 0.128. The van der Waals surface area contributed by atoms with E-state index in [9.17, 15) is 8.78 Å². The standard InChI is InChI=1S/C11H9F2N3O/c12-7-1-2-8(9(13)3-7)11(10-4-17-10)16-6-14-5-15-16/h1-3,5-6,10-11H,4H2/t10-,11+/m1/s1. The Bertz CT molecular complexity index is 526. The van der Waals surface area contributed by atoms with Gasteiger partial charge in [-0.15, -0.1) is 0 Å². The molecule has 0 aliphatic carbocycles. The predicted octanol–water partition coefficient (Wildman–Crippen LogP) is 1.54. The van der Waals surface area contributed by atoms with Gasteiger partial charge in [0.05, 0.1) is 6.61 Å². The molecule has 6 heteroatoms. The van der Waals surface area contributed by atoms with E-state index in [2.05, 4.69) is 10.1 Å². The van der Waals surface area contributed by atoms with Gasteiger partial charge >= 0.3 is 0 Å². The number of rotatable bonds is 3. The minimum atomic E-state index is -0.597. The van der Waals surface area contributed by atoms with Crippen molar-refractivity contribution in [2.24, 2.45) is 0 Å². The van der Waals surface area contributed by atoms with Gasteiger partial charge in [-0.25, -0.2) is 18.4 Å². The number of aromatic nitrogens is 3. The largest absolute Gasteiger partial charge is 0.370 e. The van der Waals surface area contributed by atoms with Crippen LogP contribution in [0.4, 0.5) is 8.78 Å². The van der Waals surface area contributed by atoms with E-state index in [1.165, 1.54) is 29.5 Å². The molecule has 0 unspecified atom stereocenters. The highest BCUT2D eigenvalue weighted by molar-refractivity contribution is 5.24. The number of halogens is 2. The molecule has 88 valence electrons. The van der Waals surface area contributed by atoms with Gasteiger partial charge in [0.1, 0.15) is 36.4 Å². The van der Waals surface area contributed by atoms with Crippen LogP contribution < -0.4 is 0 Å². The Labute approximate surface area is 95.8 Å². The van der Waals surface area contributed by atoms with Crippen LogP contribution in [0, 0.1) is 11.6 Å². The minimum Gasteiger partial charge on any atom is -0.370 e. The molecule has 2 heterocycles. The third-order valence-corrected chi connectivity index (χ3v) is 2.71. The van der Waals surface area contributed by atoms with Crippen LogP contribution in [0.3, 0.4) is 0 Å². The van der Waals surface area contributed by atoms with Crippen molar-refractivity contribution < 1.29 is 13.5 Å². The smallest absolute Gasteiger partial charge is 0.137 e. The molecule has 4 nitrogen and oxygen atoms in total. The van der Waals surface area contributed by atoms with E-state index in [1.54, 1.807) is 0 Å². The molecule has 1 aliphatic heterocycles. The summed E-state index contributed by atoms with van der Waals surface area (Å²) in [6, 6.07) is 3.11. The lowest BCUT2D eigenvalue weighted by Gasteiger charge is -2.15. The van der Waals surface area contributed by atoms with Gasteiger partial charge in [-0.05, 0) is 6.07 Å². The molecule has 17 heavy (non-hydrogen) atoms. The Balaban J connectivity index is 2.04. The molecule has 0 N–H and O–H groups in total. The number of benzene rings is 1. The second-order valence-corrected chi connectivity index (χ2v) is 3.86. The molecule has 3 rings (SSSR count). The highest BCUT2D eigenvalue weighted by Gasteiger charge is 2.37. The summed E-state index contributed by atoms with van der Waals surface area (Å²) < 4.78 is 33.3. The maximum atomic E-state index is 13.7. The quantitative estimate of drug-likeness (QED) is 0.760. The first kappa shape index (κ1) is 10.3.